The molecule has 1 N–H and O–H groups in total. The highest BCUT2D eigenvalue weighted by Gasteiger charge is 2.23. The summed E-state index contributed by atoms with van der Waals surface area (Å²) in [6, 6.07) is 3.79. The van der Waals surface area contributed by atoms with Crippen molar-refractivity contribution in [1.82, 2.24) is 10.1 Å². The van der Waals surface area contributed by atoms with E-state index in [-0.39, 0.29) is 20.8 Å². The molecule has 0 atom stereocenters. The van der Waals surface area contributed by atoms with Crippen LogP contribution in [-0.4, -0.2) is 29.6 Å². The number of benzene rings is 1. The van der Waals surface area contributed by atoms with Crippen LogP contribution in [0.4, 0.5) is 0 Å². The first kappa shape index (κ1) is 15.6. The van der Waals surface area contributed by atoms with Crippen molar-refractivity contribution in [2.24, 2.45) is 0 Å². The molecule has 2 aromatic rings. The Morgan fingerprint density at radius 3 is 2.71 bits per heavy atom. The number of halogens is 1. The lowest BCUT2D eigenvalue weighted by Gasteiger charge is -2.05. The molecule has 7 nitrogen and oxygen atoms in total. The van der Waals surface area contributed by atoms with E-state index in [1.165, 1.54) is 12.1 Å². The van der Waals surface area contributed by atoms with Crippen molar-refractivity contribution in [1.29, 1.82) is 0 Å². The van der Waals surface area contributed by atoms with Gasteiger partial charge in [-0.25, -0.2) is 13.2 Å². The number of carboxylic acid groups (broad SMARTS) is 1. The number of aromatic nitrogens is 2. The molecule has 1 aromatic carbocycles. The van der Waals surface area contributed by atoms with Gasteiger partial charge in [0, 0.05) is 10.9 Å². The van der Waals surface area contributed by atoms with Crippen LogP contribution in [0.15, 0.2) is 32.1 Å². The molecule has 9 heteroatoms. The molecule has 0 saturated carbocycles. The van der Waals surface area contributed by atoms with Crippen molar-refractivity contribution in [2.75, 3.05) is 0 Å². The summed E-state index contributed by atoms with van der Waals surface area (Å²) in [6.45, 7) is 1.82. The van der Waals surface area contributed by atoms with Crippen LogP contribution in [0, 0.1) is 0 Å². The smallest absolute Gasteiger partial charge is 0.335 e. The Labute approximate surface area is 129 Å². The SMILES string of the molecule is CCc1noc(CS(=O)(=O)c2cc(C(=O)O)ccc2Br)n1. The van der Waals surface area contributed by atoms with Gasteiger partial charge in [-0.05, 0) is 34.1 Å². The number of carbonyl (C=O) groups is 1. The molecule has 1 heterocycles. The second-order valence-corrected chi connectivity index (χ2v) is 6.98. The van der Waals surface area contributed by atoms with Gasteiger partial charge in [0.05, 0.1) is 10.5 Å². The zero-order valence-electron chi connectivity index (χ0n) is 10.9. The summed E-state index contributed by atoms with van der Waals surface area (Å²) >= 11 is 3.11. The van der Waals surface area contributed by atoms with E-state index in [1.54, 1.807) is 0 Å². The molecule has 0 aliphatic carbocycles. The second kappa shape index (κ2) is 5.94. The summed E-state index contributed by atoms with van der Waals surface area (Å²) in [5, 5.41) is 12.6. The first-order valence-electron chi connectivity index (χ1n) is 5.90. The molecule has 112 valence electrons. The zero-order chi connectivity index (χ0) is 15.6. The summed E-state index contributed by atoms with van der Waals surface area (Å²) in [7, 11) is -3.80. The fourth-order valence-electron chi connectivity index (χ4n) is 1.61. The lowest BCUT2D eigenvalue weighted by Crippen LogP contribution is -2.08. The summed E-state index contributed by atoms with van der Waals surface area (Å²) in [4.78, 5) is 14.8. The fourth-order valence-corrected chi connectivity index (χ4v) is 3.86. The maximum atomic E-state index is 12.3. The average Bonchev–Trinajstić information content (AvgIpc) is 2.85. The molecule has 0 unspecified atom stereocenters. The van der Waals surface area contributed by atoms with Gasteiger partial charge in [-0.2, -0.15) is 4.98 Å². The van der Waals surface area contributed by atoms with Gasteiger partial charge in [0.15, 0.2) is 15.7 Å². The molecule has 0 aliphatic rings. The topological polar surface area (TPSA) is 110 Å². The number of hydrogen-bond acceptors (Lipinski definition) is 6. The zero-order valence-corrected chi connectivity index (χ0v) is 13.3. The molecule has 21 heavy (non-hydrogen) atoms. The Kier molecular flexibility index (Phi) is 4.43. The van der Waals surface area contributed by atoms with Crippen LogP contribution in [0.2, 0.25) is 0 Å². The molecular weight excluding hydrogens is 364 g/mol. The van der Waals surface area contributed by atoms with Gasteiger partial charge < -0.3 is 9.63 Å². The third-order valence-electron chi connectivity index (χ3n) is 2.65. The lowest BCUT2D eigenvalue weighted by atomic mass is 10.2. The molecule has 2 rings (SSSR count). The van der Waals surface area contributed by atoms with Crippen LogP contribution < -0.4 is 0 Å². The van der Waals surface area contributed by atoms with Gasteiger partial charge >= 0.3 is 5.97 Å². The molecular formula is C12H11BrN2O5S. The largest absolute Gasteiger partial charge is 0.478 e. The van der Waals surface area contributed by atoms with Crippen LogP contribution in [0.3, 0.4) is 0 Å². The van der Waals surface area contributed by atoms with Gasteiger partial charge in [-0.1, -0.05) is 12.1 Å². The third kappa shape index (κ3) is 3.48. The molecule has 1 aromatic heterocycles. The summed E-state index contributed by atoms with van der Waals surface area (Å²) < 4.78 is 29.8. The molecule has 0 aliphatic heterocycles. The highest BCUT2D eigenvalue weighted by atomic mass is 79.9. The average molecular weight is 375 g/mol. The Balaban J connectivity index is 2.39. The minimum atomic E-state index is -3.80. The summed E-state index contributed by atoms with van der Waals surface area (Å²) in [6.07, 6.45) is 0.530. The molecule has 0 saturated heterocycles. The number of aromatic carboxylic acids is 1. The van der Waals surface area contributed by atoms with Crippen molar-refractivity contribution in [3.63, 3.8) is 0 Å². The van der Waals surface area contributed by atoms with Crippen molar-refractivity contribution in [2.45, 2.75) is 24.0 Å². The van der Waals surface area contributed by atoms with Crippen molar-refractivity contribution in [3.8, 4) is 0 Å². The van der Waals surface area contributed by atoms with E-state index in [0.29, 0.717) is 12.2 Å². The molecule has 0 spiro atoms. The predicted molar refractivity (Wildman–Crippen MR) is 75.7 cm³/mol. The van der Waals surface area contributed by atoms with Crippen LogP contribution in [0.1, 0.15) is 29.0 Å². The number of carboxylic acids is 1. The van der Waals surface area contributed by atoms with Crippen LogP contribution in [-0.2, 0) is 22.0 Å². The second-order valence-electron chi connectivity index (χ2n) is 4.17. The first-order chi connectivity index (χ1) is 9.83. The van der Waals surface area contributed by atoms with E-state index in [9.17, 15) is 13.2 Å². The Hall–Kier alpha value is -1.74. The van der Waals surface area contributed by atoms with E-state index >= 15 is 0 Å². The number of aryl methyl sites for hydroxylation is 1. The molecule has 0 amide bonds. The number of hydrogen-bond donors (Lipinski definition) is 1. The van der Waals surface area contributed by atoms with Crippen LogP contribution in [0.25, 0.3) is 0 Å². The first-order valence-corrected chi connectivity index (χ1v) is 8.35. The minimum absolute atomic E-state index is 0.0283. The van der Waals surface area contributed by atoms with Gasteiger partial charge in [-0.15, -0.1) is 0 Å². The highest BCUT2D eigenvalue weighted by molar-refractivity contribution is 9.10. The van der Waals surface area contributed by atoms with Crippen molar-refractivity contribution >= 4 is 31.7 Å². The van der Waals surface area contributed by atoms with E-state index in [0.717, 1.165) is 6.07 Å². The molecule has 0 radical (unpaired) electrons. The number of nitrogens with zero attached hydrogens (tertiary/aromatic N) is 2. The normalized spacial score (nSPS) is 11.5. The summed E-state index contributed by atoms with van der Waals surface area (Å²) in [5.74, 6) is -1.30. The maximum Gasteiger partial charge on any atom is 0.335 e. The van der Waals surface area contributed by atoms with E-state index in [2.05, 4.69) is 26.1 Å². The van der Waals surface area contributed by atoms with Gasteiger partial charge in [0.25, 0.3) is 0 Å². The minimum Gasteiger partial charge on any atom is -0.478 e. The summed E-state index contributed by atoms with van der Waals surface area (Å²) in [5.41, 5.74) is -0.114. The van der Waals surface area contributed by atoms with Gasteiger partial charge in [0.2, 0.25) is 5.89 Å². The van der Waals surface area contributed by atoms with E-state index in [4.69, 9.17) is 9.63 Å². The number of rotatable bonds is 5. The quantitative estimate of drug-likeness (QED) is 0.852. The van der Waals surface area contributed by atoms with Crippen molar-refractivity contribution < 1.29 is 22.8 Å². The Bertz CT molecular complexity index is 785. The van der Waals surface area contributed by atoms with Crippen LogP contribution >= 0.6 is 15.9 Å². The van der Waals surface area contributed by atoms with Crippen LogP contribution in [0.5, 0.6) is 0 Å². The lowest BCUT2D eigenvalue weighted by molar-refractivity contribution is 0.0696. The van der Waals surface area contributed by atoms with Gasteiger partial charge in [-0.3, -0.25) is 0 Å². The third-order valence-corrected chi connectivity index (χ3v) is 5.24. The predicted octanol–water partition coefficient (Wildman–Crippen LogP) is 2.07. The van der Waals surface area contributed by atoms with Crippen molar-refractivity contribution in [3.05, 3.63) is 40.0 Å². The van der Waals surface area contributed by atoms with E-state index < -0.39 is 21.6 Å². The Morgan fingerprint density at radius 1 is 1.43 bits per heavy atom. The molecule has 0 fully saturated rings. The van der Waals surface area contributed by atoms with Gasteiger partial charge in [0.1, 0.15) is 5.75 Å². The molecule has 0 bridgehead atoms. The van der Waals surface area contributed by atoms with E-state index in [1.807, 2.05) is 6.92 Å². The number of sulfone groups is 1. The highest BCUT2D eigenvalue weighted by Crippen LogP contribution is 2.26. The monoisotopic (exact) mass is 374 g/mol. The fraction of sp³-hybridized carbons (Fsp3) is 0.250. The Morgan fingerprint density at radius 2 is 2.14 bits per heavy atom. The standard InChI is InChI=1S/C12H11BrN2O5S/c1-2-10-14-11(20-15-10)6-21(18,19)9-5-7(12(16)17)3-4-8(9)13/h3-5H,2,6H2,1H3,(H,16,17). The maximum absolute atomic E-state index is 12.3.